The Hall–Kier alpha value is -1.04. The minimum absolute atomic E-state index is 0.110. The molecule has 2 aromatic rings. The van der Waals surface area contributed by atoms with Crippen molar-refractivity contribution in [1.29, 1.82) is 0 Å². The maximum atomic E-state index is 5.32. The van der Waals surface area contributed by atoms with Gasteiger partial charge in [-0.1, -0.05) is 0 Å². The molecule has 2 rings (SSSR count). The lowest BCUT2D eigenvalue weighted by atomic mass is 10.0. The van der Waals surface area contributed by atoms with Crippen molar-refractivity contribution < 1.29 is 9.47 Å². The van der Waals surface area contributed by atoms with Crippen LogP contribution in [-0.4, -0.2) is 21.3 Å². The van der Waals surface area contributed by atoms with Gasteiger partial charge in [-0.2, -0.15) is 0 Å². The third-order valence-corrected chi connectivity index (χ3v) is 4.84. The smallest absolute Gasteiger partial charge is 0.122 e. The molecule has 1 aromatic heterocycles. The zero-order chi connectivity index (χ0) is 13.8. The molecule has 1 heterocycles. The summed E-state index contributed by atoms with van der Waals surface area (Å²) < 4.78 is 11.8. The maximum Gasteiger partial charge on any atom is 0.122 e. The molecule has 0 saturated heterocycles. The van der Waals surface area contributed by atoms with Gasteiger partial charge >= 0.3 is 0 Å². The number of thiophene rings is 1. The second kappa shape index (κ2) is 6.41. The molecule has 1 N–H and O–H groups in total. The van der Waals surface area contributed by atoms with Crippen LogP contribution < -0.4 is 14.8 Å². The Morgan fingerprint density at radius 1 is 1.16 bits per heavy atom. The third-order valence-electron chi connectivity index (χ3n) is 2.90. The average Bonchev–Trinajstić information content (AvgIpc) is 2.85. The first-order valence-corrected chi connectivity index (χ1v) is 7.50. The third kappa shape index (κ3) is 3.11. The lowest BCUT2D eigenvalue weighted by molar-refractivity contribution is 0.392. The van der Waals surface area contributed by atoms with E-state index in [0.29, 0.717) is 0 Å². The highest BCUT2D eigenvalue weighted by molar-refractivity contribution is 9.10. The first-order valence-electron chi connectivity index (χ1n) is 5.82. The summed E-state index contributed by atoms with van der Waals surface area (Å²) in [6.45, 7) is 0. The largest absolute Gasteiger partial charge is 0.497 e. The standard InChI is InChI=1S/C14H16BrNO2S/c1-16-13(14-12(15)4-5-19-14)9-6-10(17-2)8-11(7-9)18-3/h4-8,13,16H,1-3H3. The van der Waals surface area contributed by atoms with E-state index in [4.69, 9.17) is 9.47 Å². The fourth-order valence-electron chi connectivity index (χ4n) is 1.96. The second-order valence-electron chi connectivity index (χ2n) is 4.00. The van der Waals surface area contributed by atoms with Crippen LogP contribution in [0.4, 0.5) is 0 Å². The summed E-state index contributed by atoms with van der Waals surface area (Å²) >= 11 is 5.30. The van der Waals surface area contributed by atoms with E-state index < -0.39 is 0 Å². The predicted octanol–water partition coefficient (Wildman–Crippen LogP) is 3.84. The monoisotopic (exact) mass is 341 g/mol. The average molecular weight is 342 g/mol. The number of ether oxygens (including phenoxy) is 2. The summed E-state index contributed by atoms with van der Waals surface area (Å²) in [7, 11) is 5.27. The molecule has 0 fully saturated rings. The first-order chi connectivity index (χ1) is 9.19. The predicted molar refractivity (Wildman–Crippen MR) is 82.5 cm³/mol. The van der Waals surface area contributed by atoms with Gasteiger partial charge in [-0.05, 0) is 52.1 Å². The van der Waals surface area contributed by atoms with E-state index in [1.807, 2.05) is 25.2 Å². The Morgan fingerprint density at radius 3 is 2.21 bits per heavy atom. The van der Waals surface area contributed by atoms with Gasteiger partial charge in [0.2, 0.25) is 0 Å². The molecular formula is C14H16BrNO2S. The van der Waals surface area contributed by atoms with E-state index in [0.717, 1.165) is 21.5 Å². The van der Waals surface area contributed by atoms with Gasteiger partial charge in [0.25, 0.3) is 0 Å². The lowest BCUT2D eigenvalue weighted by Crippen LogP contribution is -2.17. The number of halogens is 1. The van der Waals surface area contributed by atoms with Crippen molar-refractivity contribution in [3.8, 4) is 11.5 Å². The number of nitrogens with one attached hydrogen (secondary N) is 1. The van der Waals surface area contributed by atoms with Crippen LogP contribution in [0.2, 0.25) is 0 Å². The quantitative estimate of drug-likeness (QED) is 0.896. The van der Waals surface area contributed by atoms with Crippen molar-refractivity contribution >= 4 is 27.3 Å². The van der Waals surface area contributed by atoms with Gasteiger partial charge in [0, 0.05) is 15.4 Å². The summed E-state index contributed by atoms with van der Waals surface area (Å²) in [5, 5.41) is 5.40. The second-order valence-corrected chi connectivity index (χ2v) is 5.80. The zero-order valence-corrected chi connectivity index (χ0v) is 13.5. The normalized spacial score (nSPS) is 12.2. The lowest BCUT2D eigenvalue weighted by Gasteiger charge is -2.18. The van der Waals surface area contributed by atoms with E-state index >= 15 is 0 Å². The van der Waals surface area contributed by atoms with Gasteiger partial charge < -0.3 is 14.8 Å². The number of benzene rings is 1. The van der Waals surface area contributed by atoms with Gasteiger partial charge in [0.1, 0.15) is 11.5 Å². The number of rotatable bonds is 5. The zero-order valence-electron chi connectivity index (χ0n) is 11.1. The van der Waals surface area contributed by atoms with Crippen LogP contribution in [-0.2, 0) is 0 Å². The van der Waals surface area contributed by atoms with E-state index in [2.05, 4.69) is 32.7 Å². The van der Waals surface area contributed by atoms with Crippen LogP contribution >= 0.6 is 27.3 Å². The van der Waals surface area contributed by atoms with Crippen molar-refractivity contribution in [2.24, 2.45) is 0 Å². The van der Waals surface area contributed by atoms with Crippen LogP contribution in [0, 0.1) is 0 Å². The minimum atomic E-state index is 0.110. The fourth-order valence-corrected chi connectivity index (χ4v) is 3.69. The van der Waals surface area contributed by atoms with E-state index in [9.17, 15) is 0 Å². The molecule has 0 bridgehead atoms. The van der Waals surface area contributed by atoms with Crippen LogP contribution in [0.15, 0.2) is 34.1 Å². The summed E-state index contributed by atoms with van der Waals surface area (Å²) in [6.07, 6.45) is 0. The highest BCUT2D eigenvalue weighted by Crippen LogP contribution is 2.35. The molecule has 19 heavy (non-hydrogen) atoms. The molecule has 0 aliphatic carbocycles. The van der Waals surface area contributed by atoms with Crippen molar-refractivity contribution in [3.05, 3.63) is 44.6 Å². The van der Waals surface area contributed by atoms with E-state index in [1.165, 1.54) is 4.88 Å². The SMILES string of the molecule is CNC(c1cc(OC)cc(OC)c1)c1sccc1Br. The number of hydrogen-bond acceptors (Lipinski definition) is 4. The van der Waals surface area contributed by atoms with Crippen molar-refractivity contribution in [3.63, 3.8) is 0 Å². The Kier molecular flexibility index (Phi) is 4.85. The molecular weight excluding hydrogens is 326 g/mol. The highest BCUT2D eigenvalue weighted by Gasteiger charge is 2.18. The van der Waals surface area contributed by atoms with Crippen molar-refractivity contribution in [2.75, 3.05) is 21.3 Å². The highest BCUT2D eigenvalue weighted by atomic mass is 79.9. The topological polar surface area (TPSA) is 30.5 Å². The molecule has 3 nitrogen and oxygen atoms in total. The molecule has 5 heteroatoms. The van der Waals surface area contributed by atoms with E-state index in [1.54, 1.807) is 25.6 Å². The molecule has 102 valence electrons. The molecule has 1 unspecified atom stereocenters. The Morgan fingerprint density at radius 2 is 1.79 bits per heavy atom. The molecule has 0 radical (unpaired) electrons. The molecule has 0 spiro atoms. The van der Waals surface area contributed by atoms with Crippen molar-refractivity contribution in [2.45, 2.75) is 6.04 Å². The Bertz CT molecular complexity index is 534. The maximum absolute atomic E-state index is 5.32. The summed E-state index contributed by atoms with van der Waals surface area (Å²) in [4.78, 5) is 1.23. The first kappa shape index (κ1) is 14.4. The van der Waals surface area contributed by atoms with Crippen molar-refractivity contribution in [1.82, 2.24) is 5.32 Å². The van der Waals surface area contributed by atoms with Crippen LogP contribution in [0.1, 0.15) is 16.5 Å². The van der Waals surface area contributed by atoms with Crippen LogP contribution in [0.3, 0.4) is 0 Å². The Labute approximate surface area is 125 Å². The number of hydrogen-bond donors (Lipinski definition) is 1. The summed E-state index contributed by atoms with van der Waals surface area (Å²) in [5.41, 5.74) is 1.11. The van der Waals surface area contributed by atoms with Gasteiger partial charge in [-0.25, -0.2) is 0 Å². The Balaban J connectivity index is 2.46. The molecule has 1 aromatic carbocycles. The molecule has 0 aliphatic rings. The van der Waals surface area contributed by atoms with Gasteiger partial charge in [-0.15, -0.1) is 11.3 Å². The molecule has 0 saturated carbocycles. The van der Waals surface area contributed by atoms with Gasteiger partial charge in [-0.3, -0.25) is 0 Å². The van der Waals surface area contributed by atoms with Gasteiger partial charge in [0.15, 0.2) is 0 Å². The summed E-state index contributed by atoms with van der Waals surface area (Å²) in [6, 6.07) is 8.09. The minimum Gasteiger partial charge on any atom is -0.497 e. The molecule has 0 aliphatic heterocycles. The van der Waals surface area contributed by atoms with Crippen LogP contribution in [0.25, 0.3) is 0 Å². The molecule has 1 atom stereocenters. The molecule has 0 amide bonds. The number of methoxy groups -OCH3 is 2. The fraction of sp³-hybridized carbons (Fsp3) is 0.286. The van der Waals surface area contributed by atoms with Crippen LogP contribution in [0.5, 0.6) is 11.5 Å². The van der Waals surface area contributed by atoms with E-state index in [-0.39, 0.29) is 6.04 Å². The summed E-state index contributed by atoms with van der Waals surface area (Å²) in [5.74, 6) is 1.59. The van der Waals surface area contributed by atoms with Gasteiger partial charge in [0.05, 0.1) is 20.3 Å².